The molecule has 1 aromatic carbocycles. The van der Waals surface area contributed by atoms with Gasteiger partial charge < -0.3 is 20.1 Å². The minimum absolute atomic E-state index is 0.0156. The average molecular weight is 568 g/mol. The number of anilines is 1. The molecule has 0 aromatic heterocycles. The first-order chi connectivity index (χ1) is 16.6. The van der Waals surface area contributed by atoms with Crippen LogP contribution < -0.4 is 5.32 Å². The van der Waals surface area contributed by atoms with E-state index in [4.69, 9.17) is 4.74 Å². The largest absolute Gasteiger partial charge is 0.466 e. The van der Waals surface area contributed by atoms with Crippen LogP contribution in [0.25, 0.3) is 0 Å². The highest BCUT2D eigenvalue weighted by molar-refractivity contribution is 9.09. The predicted octanol–water partition coefficient (Wildman–Crippen LogP) is 3.68. The van der Waals surface area contributed by atoms with Gasteiger partial charge in [-0.3, -0.25) is 14.4 Å². The van der Waals surface area contributed by atoms with Crippen LogP contribution in [0.15, 0.2) is 18.2 Å². The van der Waals surface area contributed by atoms with Gasteiger partial charge in [-0.1, -0.05) is 48.3 Å². The van der Waals surface area contributed by atoms with Gasteiger partial charge in [0.15, 0.2) is 0 Å². The number of carbonyl (C=O) groups excluding carboxylic acids is 3. The maximum atomic E-state index is 14.1. The number of hydrogen-bond acceptors (Lipinski definition) is 6. The lowest BCUT2D eigenvalue weighted by Crippen LogP contribution is -2.56. The molecule has 0 aliphatic carbocycles. The fourth-order valence-corrected chi connectivity index (χ4v) is 9.71. The Bertz CT molecular complexity index is 1020. The van der Waals surface area contributed by atoms with Crippen LogP contribution in [0.3, 0.4) is 0 Å². The quantitative estimate of drug-likeness (QED) is 0.368. The van der Waals surface area contributed by atoms with E-state index in [0.29, 0.717) is 12.1 Å². The van der Waals surface area contributed by atoms with E-state index in [9.17, 15) is 19.5 Å². The topological polar surface area (TPSA) is 95.9 Å². The van der Waals surface area contributed by atoms with Crippen LogP contribution in [0.2, 0.25) is 0 Å². The van der Waals surface area contributed by atoms with Crippen molar-refractivity contribution in [2.45, 2.75) is 74.4 Å². The highest BCUT2D eigenvalue weighted by Crippen LogP contribution is 2.68. The van der Waals surface area contributed by atoms with E-state index in [1.54, 1.807) is 23.6 Å². The summed E-state index contributed by atoms with van der Waals surface area (Å²) in [6.45, 7) is 9.65. The molecule has 0 saturated carbocycles. The van der Waals surface area contributed by atoms with Gasteiger partial charge in [0.2, 0.25) is 11.8 Å². The third-order valence-electron chi connectivity index (χ3n) is 8.03. The monoisotopic (exact) mass is 566 g/mol. The van der Waals surface area contributed by atoms with E-state index in [0.717, 1.165) is 17.5 Å². The average Bonchev–Trinajstić information content (AvgIpc) is 3.40. The lowest BCUT2D eigenvalue weighted by atomic mass is 9.71. The third-order valence-corrected chi connectivity index (χ3v) is 11.3. The molecule has 4 rings (SSSR count). The summed E-state index contributed by atoms with van der Waals surface area (Å²) in [6, 6.07) is 4.55. The second kappa shape index (κ2) is 10.1. The van der Waals surface area contributed by atoms with Crippen molar-refractivity contribution in [1.29, 1.82) is 0 Å². The third kappa shape index (κ3) is 4.21. The number of thioether (sulfide) groups is 1. The van der Waals surface area contributed by atoms with Gasteiger partial charge in [0.05, 0.1) is 35.8 Å². The molecule has 1 spiro atoms. The van der Waals surface area contributed by atoms with Gasteiger partial charge in [0, 0.05) is 15.8 Å². The second-order valence-corrected chi connectivity index (χ2v) is 12.8. The van der Waals surface area contributed by atoms with E-state index >= 15 is 0 Å². The van der Waals surface area contributed by atoms with Crippen LogP contribution in [0, 0.1) is 31.6 Å². The Balaban J connectivity index is 1.80. The molecule has 8 atom stereocenters. The van der Waals surface area contributed by atoms with Crippen LogP contribution in [-0.2, 0) is 19.1 Å². The number of halogens is 1. The minimum Gasteiger partial charge on any atom is -0.466 e. The number of aliphatic hydroxyl groups is 1. The van der Waals surface area contributed by atoms with Crippen LogP contribution in [-0.4, -0.2) is 67.9 Å². The molecule has 2 N–H and O–H groups in total. The Kier molecular flexibility index (Phi) is 7.61. The molecule has 3 saturated heterocycles. The van der Waals surface area contributed by atoms with Gasteiger partial charge in [-0.05, 0) is 50.3 Å². The number of ether oxygens (including phenoxy) is 1. The van der Waals surface area contributed by atoms with Crippen LogP contribution in [0.5, 0.6) is 0 Å². The van der Waals surface area contributed by atoms with Crippen molar-refractivity contribution < 1.29 is 24.2 Å². The van der Waals surface area contributed by atoms with Gasteiger partial charge in [-0.15, -0.1) is 11.8 Å². The smallest absolute Gasteiger partial charge is 0.310 e. The van der Waals surface area contributed by atoms with E-state index < -0.39 is 28.7 Å². The lowest BCUT2D eigenvalue weighted by molar-refractivity contribution is -0.154. The van der Waals surface area contributed by atoms with E-state index in [-0.39, 0.29) is 47.0 Å². The molecule has 3 aliphatic rings. The lowest BCUT2D eigenvalue weighted by Gasteiger charge is -2.39. The SMILES string of the molecule is CCOC(=O)[C@H]1[C@@H]2SC3(CC2Br)C(C(=O)Nc2cc(C)ccc2C)N([C@@H](CO)[C@@H](C)CC)C(=O)[C@H]13. The summed E-state index contributed by atoms with van der Waals surface area (Å²) in [4.78, 5) is 42.8. The number of carbonyl (C=O) groups is 3. The summed E-state index contributed by atoms with van der Waals surface area (Å²) >= 11 is 5.32. The molecule has 3 heterocycles. The summed E-state index contributed by atoms with van der Waals surface area (Å²) < 4.78 is 4.63. The number of rotatable bonds is 8. The van der Waals surface area contributed by atoms with Gasteiger partial charge in [0.1, 0.15) is 6.04 Å². The fraction of sp³-hybridized carbons (Fsp3) is 0.654. The molecule has 2 bridgehead atoms. The maximum Gasteiger partial charge on any atom is 0.310 e. The molecule has 0 radical (unpaired) electrons. The number of nitrogens with zero attached hydrogens (tertiary/aromatic N) is 1. The van der Waals surface area contributed by atoms with Crippen molar-refractivity contribution in [3.05, 3.63) is 29.3 Å². The number of aryl methyl sites for hydroxylation is 2. The first-order valence-electron chi connectivity index (χ1n) is 12.4. The zero-order chi connectivity index (χ0) is 25.7. The van der Waals surface area contributed by atoms with Crippen molar-refractivity contribution in [2.75, 3.05) is 18.5 Å². The number of aliphatic hydroxyl groups excluding tert-OH is 1. The van der Waals surface area contributed by atoms with Crippen molar-refractivity contribution in [1.82, 2.24) is 4.90 Å². The van der Waals surface area contributed by atoms with Gasteiger partial charge in [-0.2, -0.15) is 0 Å². The maximum absolute atomic E-state index is 14.1. The van der Waals surface area contributed by atoms with E-state index in [1.807, 2.05) is 45.9 Å². The number of benzene rings is 1. The molecular weight excluding hydrogens is 532 g/mol. The number of likely N-dealkylation sites (tertiary alicyclic amines) is 1. The van der Waals surface area contributed by atoms with Crippen molar-refractivity contribution in [3.63, 3.8) is 0 Å². The van der Waals surface area contributed by atoms with Crippen LogP contribution in [0.1, 0.15) is 44.7 Å². The molecule has 1 aromatic rings. The number of nitrogens with one attached hydrogen (secondary N) is 1. The summed E-state index contributed by atoms with van der Waals surface area (Å²) in [7, 11) is 0. The van der Waals surface area contributed by atoms with Crippen LogP contribution in [0.4, 0.5) is 5.69 Å². The van der Waals surface area contributed by atoms with E-state index in [1.165, 1.54) is 0 Å². The number of amides is 2. The Morgan fingerprint density at radius 3 is 2.69 bits per heavy atom. The van der Waals surface area contributed by atoms with Gasteiger partial charge in [-0.25, -0.2) is 0 Å². The van der Waals surface area contributed by atoms with Crippen molar-refractivity contribution >= 4 is 51.2 Å². The fourth-order valence-electron chi connectivity index (χ4n) is 6.12. The van der Waals surface area contributed by atoms with Gasteiger partial charge >= 0.3 is 5.97 Å². The molecular formula is C26H35BrN2O5S. The number of alkyl halides is 1. The Hall–Kier alpha value is -1.58. The van der Waals surface area contributed by atoms with Gasteiger partial charge in [0.25, 0.3) is 0 Å². The highest BCUT2D eigenvalue weighted by Gasteiger charge is 2.76. The molecule has 7 nitrogen and oxygen atoms in total. The molecule has 35 heavy (non-hydrogen) atoms. The first kappa shape index (κ1) is 26.5. The Labute approximate surface area is 219 Å². The normalized spacial score (nSPS) is 32.9. The summed E-state index contributed by atoms with van der Waals surface area (Å²) in [6.07, 6.45) is 1.34. The summed E-state index contributed by atoms with van der Waals surface area (Å²) in [5.74, 6) is -2.17. The molecule has 2 amide bonds. The van der Waals surface area contributed by atoms with Crippen molar-refractivity contribution in [2.24, 2.45) is 17.8 Å². The Morgan fingerprint density at radius 2 is 2.06 bits per heavy atom. The molecule has 192 valence electrons. The highest BCUT2D eigenvalue weighted by atomic mass is 79.9. The van der Waals surface area contributed by atoms with Crippen molar-refractivity contribution in [3.8, 4) is 0 Å². The molecule has 3 unspecified atom stereocenters. The first-order valence-corrected chi connectivity index (χ1v) is 14.2. The minimum atomic E-state index is -0.805. The standard InChI is InChI=1S/C26H35BrN2O5S/c1-6-14(4)18(12-30)29-22(23(31)28-17-10-13(3)8-9-15(17)5)26-11-16(27)21(35-26)19(20(26)24(29)32)25(33)34-7-2/h8-10,14,16,18-22,30H,6-7,11-12H2,1-5H3,(H,28,31)/t14-,16?,18-,19+,20-,21+,22?,26?/m0/s1. The molecule has 9 heteroatoms. The molecule has 3 aliphatic heterocycles. The molecule has 3 fully saturated rings. The second-order valence-electron chi connectivity index (χ2n) is 10.1. The summed E-state index contributed by atoms with van der Waals surface area (Å²) in [5.41, 5.74) is 2.66. The summed E-state index contributed by atoms with van der Waals surface area (Å²) in [5, 5.41) is 13.3. The number of esters is 1. The predicted molar refractivity (Wildman–Crippen MR) is 141 cm³/mol. The Morgan fingerprint density at radius 1 is 1.34 bits per heavy atom. The zero-order valence-electron chi connectivity index (χ0n) is 20.9. The van der Waals surface area contributed by atoms with E-state index in [2.05, 4.69) is 21.2 Å². The van der Waals surface area contributed by atoms with Crippen LogP contribution >= 0.6 is 27.7 Å². The zero-order valence-corrected chi connectivity index (χ0v) is 23.3. The number of fused-ring (bicyclic) bond motifs is 1. The number of hydrogen-bond donors (Lipinski definition) is 2.